The number of benzene rings is 1. The molecule has 2 fully saturated rings. The average molecular weight is 358 g/mol. The number of nitrogens with zero attached hydrogens (tertiary/aromatic N) is 2. The lowest BCUT2D eigenvalue weighted by molar-refractivity contribution is -0.167. The monoisotopic (exact) mass is 358 g/mol. The van der Waals surface area contributed by atoms with Gasteiger partial charge >= 0.3 is 0 Å². The maximum absolute atomic E-state index is 12.6. The van der Waals surface area contributed by atoms with Gasteiger partial charge in [-0.25, -0.2) is 0 Å². The summed E-state index contributed by atoms with van der Waals surface area (Å²) in [5.74, 6) is -0.00778. The van der Waals surface area contributed by atoms with Crippen molar-refractivity contribution in [2.24, 2.45) is 0 Å². The Labute approximate surface area is 155 Å². The molecule has 3 aliphatic rings. The third-order valence-electron chi connectivity index (χ3n) is 6.11. The van der Waals surface area contributed by atoms with Crippen molar-refractivity contribution in [1.82, 2.24) is 9.80 Å². The number of amides is 1. The summed E-state index contributed by atoms with van der Waals surface area (Å²) in [7, 11) is 0. The van der Waals surface area contributed by atoms with E-state index in [4.69, 9.17) is 4.74 Å². The van der Waals surface area contributed by atoms with E-state index in [2.05, 4.69) is 29.2 Å². The van der Waals surface area contributed by atoms with Crippen LogP contribution >= 0.6 is 0 Å². The quantitative estimate of drug-likeness (QED) is 0.894. The van der Waals surface area contributed by atoms with Crippen molar-refractivity contribution in [3.63, 3.8) is 0 Å². The Hall–Kier alpha value is -1.43. The summed E-state index contributed by atoms with van der Waals surface area (Å²) >= 11 is 0. The molecule has 0 aliphatic carbocycles. The van der Waals surface area contributed by atoms with E-state index < -0.39 is 12.2 Å². The van der Waals surface area contributed by atoms with Crippen molar-refractivity contribution < 1.29 is 14.6 Å². The van der Waals surface area contributed by atoms with Crippen LogP contribution in [0, 0.1) is 0 Å². The van der Waals surface area contributed by atoms with E-state index in [9.17, 15) is 9.90 Å². The van der Waals surface area contributed by atoms with Crippen LogP contribution < -0.4 is 0 Å². The van der Waals surface area contributed by atoms with Gasteiger partial charge in [0.2, 0.25) is 0 Å². The van der Waals surface area contributed by atoms with Gasteiger partial charge in [-0.1, -0.05) is 24.3 Å². The van der Waals surface area contributed by atoms with E-state index >= 15 is 0 Å². The smallest absolute Gasteiger partial charge is 0.254 e. The molecule has 142 valence electrons. The Kier molecular flexibility index (Phi) is 5.57. The molecule has 3 atom stereocenters. The fraction of sp³-hybridized carbons (Fsp3) is 0.667. The number of hydrogen-bond acceptors (Lipinski definition) is 4. The Morgan fingerprint density at radius 3 is 2.69 bits per heavy atom. The highest BCUT2D eigenvalue weighted by molar-refractivity contribution is 5.82. The third kappa shape index (κ3) is 3.95. The number of rotatable bonds is 4. The molecule has 5 heteroatoms. The van der Waals surface area contributed by atoms with Gasteiger partial charge in [0.15, 0.2) is 6.10 Å². The summed E-state index contributed by atoms with van der Waals surface area (Å²) in [5.41, 5.74) is 2.90. The van der Waals surface area contributed by atoms with Crippen molar-refractivity contribution in [3.05, 3.63) is 35.4 Å². The van der Waals surface area contributed by atoms with E-state index in [1.54, 1.807) is 0 Å². The molecule has 0 saturated carbocycles. The molecule has 5 nitrogen and oxygen atoms in total. The lowest BCUT2D eigenvalue weighted by atomic mass is 9.97. The van der Waals surface area contributed by atoms with Crippen molar-refractivity contribution in [2.45, 2.75) is 63.4 Å². The van der Waals surface area contributed by atoms with E-state index in [0.717, 1.165) is 64.8 Å². The molecule has 1 N–H and O–H groups in total. The average Bonchev–Trinajstić information content (AvgIpc) is 3.21. The van der Waals surface area contributed by atoms with Crippen LogP contribution in [0.25, 0.3) is 0 Å². The van der Waals surface area contributed by atoms with Gasteiger partial charge in [-0.15, -0.1) is 0 Å². The molecule has 0 bridgehead atoms. The normalized spacial score (nSPS) is 29.6. The first-order valence-corrected chi connectivity index (χ1v) is 10.1. The van der Waals surface area contributed by atoms with Crippen LogP contribution in [0.2, 0.25) is 0 Å². The van der Waals surface area contributed by atoms with Gasteiger partial charge < -0.3 is 14.7 Å². The summed E-state index contributed by atoms with van der Waals surface area (Å²) in [6.45, 7) is 4.69. The molecule has 2 saturated heterocycles. The summed E-state index contributed by atoms with van der Waals surface area (Å²) in [6.07, 6.45) is 4.44. The van der Waals surface area contributed by atoms with E-state index in [0.29, 0.717) is 6.42 Å². The van der Waals surface area contributed by atoms with Gasteiger partial charge in [0.05, 0.1) is 12.2 Å². The molecule has 1 aromatic carbocycles. The van der Waals surface area contributed by atoms with Crippen LogP contribution in [0.5, 0.6) is 0 Å². The number of fused-ring (bicyclic) bond motifs is 1. The second-order valence-electron chi connectivity index (χ2n) is 7.94. The summed E-state index contributed by atoms with van der Waals surface area (Å²) < 4.78 is 6.07. The Bertz CT molecular complexity index is 629. The largest absolute Gasteiger partial charge is 0.390 e. The zero-order valence-corrected chi connectivity index (χ0v) is 15.5. The third-order valence-corrected chi connectivity index (χ3v) is 6.11. The number of carbonyl (C=O) groups excluding carboxylic acids is 1. The first-order valence-electron chi connectivity index (χ1n) is 10.1. The second kappa shape index (κ2) is 8.07. The first-order chi connectivity index (χ1) is 12.7. The summed E-state index contributed by atoms with van der Waals surface area (Å²) in [6, 6.07) is 8.68. The van der Waals surface area contributed by atoms with Crippen LogP contribution in [-0.2, 0) is 22.5 Å². The highest BCUT2D eigenvalue weighted by atomic mass is 16.5. The maximum atomic E-state index is 12.6. The van der Waals surface area contributed by atoms with E-state index in [-0.39, 0.29) is 12.0 Å². The van der Waals surface area contributed by atoms with Crippen LogP contribution in [0.3, 0.4) is 0 Å². The Balaban J connectivity index is 1.29. The van der Waals surface area contributed by atoms with Crippen LogP contribution in [0.4, 0.5) is 0 Å². The molecule has 1 amide bonds. The minimum Gasteiger partial charge on any atom is -0.390 e. The van der Waals surface area contributed by atoms with Gasteiger partial charge in [-0.2, -0.15) is 0 Å². The molecule has 0 spiro atoms. The molecule has 3 heterocycles. The second-order valence-corrected chi connectivity index (χ2v) is 7.94. The molecular weight excluding hydrogens is 328 g/mol. The number of aliphatic hydroxyl groups is 1. The number of ether oxygens (including phenoxy) is 1. The number of aliphatic hydroxyl groups excluding tert-OH is 1. The standard InChI is InChI=1S/C21H30N2O3/c24-19-8-7-18(26-20(19)21(25)23-11-3-4-12-23)10-14-22-13-9-16-5-1-2-6-17(16)15-22/h1-2,5-6,18-20,24H,3-4,7-15H2/t18-,19+,20+/m1/s1. The minimum absolute atomic E-state index is 0.00778. The lowest BCUT2D eigenvalue weighted by Gasteiger charge is -2.36. The van der Waals surface area contributed by atoms with E-state index in [1.165, 1.54) is 11.1 Å². The molecule has 0 radical (unpaired) electrons. The number of carbonyl (C=O) groups is 1. The topological polar surface area (TPSA) is 53.0 Å². The van der Waals surface area contributed by atoms with Crippen LogP contribution in [0.1, 0.15) is 43.2 Å². The van der Waals surface area contributed by atoms with Crippen LogP contribution in [-0.4, -0.2) is 65.3 Å². The number of hydrogen-bond donors (Lipinski definition) is 1. The van der Waals surface area contributed by atoms with Gasteiger partial charge in [-0.05, 0) is 49.7 Å². The molecule has 0 aromatic heterocycles. The highest BCUT2D eigenvalue weighted by Gasteiger charge is 2.38. The fourth-order valence-electron chi connectivity index (χ4n) is 4.50. The Morgan fingerprint density at radius 2 is 1.88 bits per heavy atom. The molecular formula is C21H30N2O3. The maximum Gasteiger partial charge on any atom is 0.254 e. The van der Waals surface area contributed by atoms with Gasteiger partial charge in [0, 0.05) is 32.7 Å². The van der Waals surface area contributed by atoms with Gasteiger partial charge in [0.25, 0.3) is 5.91 Å². The molecule has 3 aliphatic heterocycles. The summed E-state index contributed by atoms with van der Waals surface area (Å²) in [5, 5.41) is 10.3. The predicted molar refractivity (Wildman–Crippen MR) is 99.8 cm³/mol. The minimum atomic E-state index is -0.658. The van der Waals surface area contributed by atoms with Gasteiger partial charge in [-0.3, -0.25) is 9.69 Å². The fourth-order valence-corrected chi connectivity index (χ4v) is 4.50. The van der Waals surface area contributed by atoms with Crippen molar-refractivity contribution >= 4 is 5.91 Å². The number of likely N-dealkylation sites (tertiary alicyclic amines) is 1. The zero-order chi connectivity index (χ0) is 17.9. The zero-order valence-electron chi connectivity index (χ0n) is 15.5. The van der Waals surface area contributed by atoms with Crippen molar-refractivity contribution in [3.8, 4) is 0 Å². The molecule has 4 rings (SSSR count). The van der Waals surface area contributed by atoms with Crippen molar-refractivity contribution in [2.75, 3.05) is 26.2 Å². The molecule has 1 aromatic rings. The SMILES string of the molecule is O=C([C@H]1O[C@@H](CCN2CCc3ccccc3C2)CC[C@@H]1O)N1CCCC1. The van der Waals surface area contributed by atoms with E-state index in [1.807, 2.05) is 4.90 Å². The van der Waals surface area contributed by atoms with Gasteiger partial charge in [0.1, 0.15) is 0 Å². The first kappa shape index (κ1) is 18.0. The molecule has 26 heavy (non-hydrogen) atoms. The highest BCUT2D eigenvalue weighted by Crippen LogP contribution is 2.26. The van der Waals surface area contributed by atoms with Crippen LogP contribution in [0.15, 0.2) is 24.3 Å². The lowest BCUT2D eigenvalue weighted by Crippen LogP contribution is -2.50. The summed E-state index contributed by atoms with van der Waals surface area (Å²) in [4.78, 5) is 17.0. The molecule has 0 unspecified atom stereocenters. The van der Waals surface area contributed by atoms with Crippen molar-refractivity contribution in [1.29, 1.82) is 0 Å². The predicted octanol–water partition coefficient (Wildman–Crippen LogP) is 1.97. The Morgan fingerprint density at radius 1 is 1.12 bits per heavy atom.